The van der Waals surface area contributed by atoms with Gasteiger partial charge in [0.05, 0.1) is 12.5 Å². The summed E-state index contributed by atoms with van der Waals surface area (Å²) in [6.45, 7) is 5.75. The quantitative estimate of drug-likeness (QED) is 0.496. The molecule has 1 aromatic carbocycles. The first kappa shape index (κ1) is 24.0. The predicted molar refractivity (Wildman–Crippen MR) is 112 cm³/mol. The molecule has 31 heavy (non-hydrogen) atoms. The number of carboxylic acid groups (broad SMARTS) is 1. The third-order valence-electron chi connectivity index (χ3n) is 5.39. The smallest absolute Gasteiger partial charge is 0.305 e. The molecule has 0 aromatic heterocycles. The fourth-order valence-electron chi connectivity index (χ4n) is 3.69. The van der Waals surface area contributed by atoms with Gasteiger partial charge in [-0.3, -0.25) is 19.2 Å². The second-order valence-electron chi connectivity index (χ2n) is 8.15. The Morgan fingerprint density at radius 3 is 2.35 bits per heavy atom. The van der Waals surface area contributed by atoms with Crippen LogP contribution in [-0.4, -0.2) is 64.7 Å². The summed E-state index contributed by atoms with van der Waals surface area (Å²) in [6.07, 6.45) is 0.410. The van der Waals surface area contributed by atoms with Crippen LogP contribution in [-0.2, 0) is 19.2 Å². The highest BCUT2D eigenvalue weighted by atomic mass is 16.4. The molecule has 2 rings (SSSR count). The molecule has 1 saturated heterocycles. The maximum absolute atomic E-state index is 13.3. The monoisotopic (exact) mass is 431 g/mol. The number of carbonyl (C=O) groups excluding carboxylic acids is 4. The fraction of sp³-hybridized carbons (Fsp3) is 0.500. The van der Waals surface area contributed by atoms with Crippen LogP contribution in [0.25, 0.3) is 0 Å². The molecule has 0 saturated carbocycles. The number of likely N-dealkylation sites (tertiary alicyclic amines) is 1. The van der Waals surface area contributed by atoms with Crippen molar-refractivity contribution in [2.24, 2.45) is 11.8 Å². The van der Waals surface area contributed by atoms with Crippen LogP contribution in [0, 0.1) is 11.8 Å². The number of nitrogens with one attached hydrogen (secondary N) is 2. The lowest BCUT2D eigenvalue weighted by molar-refractivity contribution is -0.143. The van der Waals surface area contributed by atoms with E-state index in [-0.39, 0.29) is 23.7 Å². The number of hydrogen-bond acceptors (Lipinski definition) is 5. The van der Waals surface area contributed by atoms with Gasteiger partial charge in [-0.05, 0) is 30.4 Å². The van der Waals surface area contributed by atoms with E-state index in [0.29, 0.717) is 24.8 Å². The molecular formula is C22H29N3O6. The zero-order valence-electron chi connectivity index (χ0n) is 17.9. The number of carboxylic acids is 1. The van der Waals surface area contributed by atoms with E-state index in [2.05, 4.69) is 10.6 Å². The molecule has 3 amide bonds. The first-order valence-electron chi connectivity index (χ1n) is 10.3. The highest BCUT2D eigenvalue weighted by molar-refractivity contribution is 5.98. The van der Waals surface area contributed by atoms with Gasteiger partial charge in [0.25, 0.3) is 5.91 Å². The third-order valence-corrected chi connectivity index (χ3v) is 5.39. The van der Waals surface area contributed by atoms with Gasteiger partial charge in [-0.25, -0.2) is 0 Å². The molecule has 3 N–H and O–H groups in total. The van der Waals surface area contributed by atoms with Gasteiger partial charge in [0.1, 0.15) is 18.4 Å². The highest BCUT2D eigenvalue weighted by Crippen LogP contribution is 2.26. The van der Waals surface area contributed by atoms with Crippen LogP contribution in [0.4, 0.5) is 0 Å². The van der Waals surface area contributed by atoms with Crippen molar-refractivity contribution >= 4 is 30.0 Å². The summed E-state index contributed by atoms with van der Waals surface area (Å²) in [5.41, 5.74) is 0.424. The van der Waals surface area contributed by atoms with E-state index in [1.54, 1.807) is 44.2 Å². The van der Waals surface area contributed by atoms with Crippen molar-refractivity contribution in [3.05, 3.63) is 35.9 Å². The van der Waals surface area contributed by atoms with Gasteiger partial charge in [-0.15, -0.1) is 0 Å². The van der Waals surface area contributed by atoms with Crippen LogP contribution in [0.1, 0.15) is 44.0 Å². The van der Waals surface area contributed by atoms with Crippen molar-refractivity contribution in [1.82, 2.24) is 15.5 Å². The Morgan fingerprint density at radius 2 is 1.81 bits per heavy atom. The van der Waals surface area contributed by atoms with Crippen LogP contribution < -0.4 is 10.6 Å². The second-order valence-corrected chi connectivity index (χ2v) is 8.15. The lowest BCUT2D eigenvalue weighted by Crippen LogP contribution is -2.57. The number of nitrogens with zero attached hydrogens (tertiary/aromatic N) is 1. The standard InChI is InChI=1S/C22H29N3O6/c1-13(2)18(24-20(29)15-7-5-4-6-8-15)22(31)25-10-9-14(3)19(25)21(30)23-16(12-26)11-17(27)28/h4-8,12-14,16,18-19H,9-11H2,1-3H3,(H,23,30)(H,24,29)(H,27,28)/t14-,16-,18-,19-/m0/s1. The Kier molecular flexibility index (Phi) is 8.30. The minimum atomic E-state index is -1.21. The van der Waals surface area contributed by atoms with Crippen LogP contribution in [0.3, 0.4) is 0 Å². The molecule has 9 heteroatoms. The molecule has 0 bridgehead atoms. The number of hydrogen-bond donors (Lipinski definition) is 3. The third kappa shape index (κ3) is 6.13. The van der Waals surface area contributed by atoms with Gasteiger partial charge in [0.15, 0.2) is 0 Å². The topological polar surface area (TPSA) is 133 Å². The van der Waals surface area contributed by atoms with Crippen LogP contribution in [0.5, 0.6) is 0 Å². The normalized spacial score (nSPS) is 20.1. The Labute approximate surface area is 181 Å². The molecule has 1 aliphatic rings. The van der Waals surface area contributed by atoms with Gasteiger partial charge in [-0.2, -0.15) is 0 Å². The van der Waals surface area contributed by atoms with Gasteiger partial charge >= 0.3 is 5.97 Å². The summed E-state index contributed by atoms with van der Waals surface area (Å²) in [5.74, 6) is -2.97. The van der Waals surface area contributed by atoms with E-state index in [1.807, 2.05) is 6.92 Å². The van der Waals surface area contributed by atoms with E-state index in [4.69, 9.17) is 5.11 Å². The largest absolute Gasteiger partial charge is 0.481 e. The van der Waals surface area contributed by atoms with Crippen molar-refractivity contribution in [1.29, 1.82) is 0 Å². The van der Waals surface area contributed by atoms with Crippen LogP contribution in [0.15, 0.2) is 30.3 Å². The van der Waals surface area contributed by atoms with E-state index in [9.17, 15) is 24.0 Å². The summed E-state index contributed by atoms with van der Waals surface area (Å²) in [6, 6.07) is 5.67. The molecule has 1 fully saturated rings. The lowest BCUT2D eigenvalue weighted by Gasteiger charge is -2.32. The summed E-state index contributed by atoms with van der Waals surface area (Å²) < 4.78 is 0. The average molecular weight is 431 g/mol. The molecule has 0 spiro atoms. The van der Waals surface area contributed by atoms with Crippen LogP contribution >= 0.6 is 0 Å². The number of benzene rings is 1. The first-order valence-corrected chi connectivity index (χ1v) is 10.3. The van der Waals surface area contributed by atoms with E-state index < -0.39 is 36.4 Å². The second kappa shape index (κ2) is 10.7. The minimum Gasteiger partial charge on any atom is -0.481 e. The fourth-order valence-corrected chi connectivity index (χ4v) is 3.69. The summed E-state index contributed by atoms with van der Waals surface area (Å²) in [4.78, 5) is 62.1. The zero-order chi connectivity index (χ0) is 23.1. The Hall–Kier alpha value is -3.23. The minimum absolute atomic E-state index is 0.182. The van der Waals surface area contributed by atoms with E-state index in [1.165, 1.54) is 4.90 Å². The van der Waals surface area contributed by atoms with Crippen molar-refractivity contribution in [2.75, 3.05) is 6.54 Å². The Balaban J connectivity index is 2.17. The lowest BCUT2D eigenvalue weighted by atomic mass is 9.99. The number of carbonyl (C=O) groups is 5. The zero-order valence-corrected chi connectivity index (χ0v) is 17.9. The van der Waals surface area contributed by atoms with Crippen molar-refractivity contribution < 1.29 is 29.1 Å². The molecule has 0 radical (unpaired) electrons. The maximum Gasteiger partial charge on any atom is 0.305 e. The molecule has 0 aliphatic carbocycles. The highest BCUT2D eigenvalue weighted by Gasteiger charge is 2.43. The number of aliphatic carboxylic acids is 1. The molecule has 1 heterocycles. The van der Waals surface area contributed by atoms with Crippen molar-refractivity contribution in [3.8, 4) is 0 Å². The molecule has 168 valence electrons. The van der Waals surface area contributed by atoms with Crippen molar-refractivity contribution in [2.45, 2.75) is 51.7 Å². The Bertz CT molecular complexity index is 826. The van der Waals surface area contributed by atoms with Crippen LogP contribution in [0.2, 0.25) is 0 Å². The SMILES string of the molecule is CC(C)[C@H](NC(=O)c1ccccc1)C(=O)N1CC[C@H](C)[C@H]1C(=O)N[C@H](C=O)CC(=O)O. The molecule has 4 atom stereocenters. The molecule has 0 unspecified atom stereocenters. The molecule has 1 aromatic rings. The molecule has 9 nitrogen and oxygen atoms in total. The van der Waals surface area contributed by atoms with Gasteiger partial charge in [0, 0.05) is 12.1 Å². The maximum atomic E-state index is 13.3. The average Bonchev–Trinajstić information content (AvgIpc) is 3.12. The van der Waals surface area contributed by atoms with E-state index >= 15 is 0 Å². The number of amides is 3. The number of aldehydes is 1. The van der Waals surface area contributed by atoms with Gasteiger partial charge in [0.2, 0.25) is 11.8 Å². The molecular weight excluding hydrogens is 402 g/mol. The summed E-state index contributed by atoms with van der Waals surface area (Å²) >= 11 is 0. The van der Waals surface area contributed by atoms with E-state index in [0.717, 1.165) is 0 Å². The number of rotatable bonds is 9. The first-order chi connectivity index (χ1) is 14.6. The summed E-state index contributed by atoms with van der Waals surface area (Å²) in [7, 11) is 0. The Morgan fingerprint density at radius 1 is 1.16 bits per heavy atom. The predicted octanol–water partition coefficient (Wildman–Crippen LogP) is 0.836. The molecule has 1 aliphatic heterocycles. The van der Waals surface area contributed by atoms with Crippen molar-refractivity contribution in [3.63, 3.8) is 0 Å². The summed E-state index contributed by atoms with van der Waals surface area (Å²) in [5, 5.41) is 14.1. The van der Waals surface area contributed by atoms with Gasteiger partial charge in [-0.1, -0.05) is 39.0 Å². The van der Waals surface area contributed by atoms with Gasteiger partial charge < -0.3 is 25.4 Å².